The molecule has 4 heterocycles. The van der Waals surface area contributed by atoms with E-state index in [1.807, 2.05) is 0 Å². The van der Waals surface area contributed by atoms with Crippen LogP contribution in [0.5, 0.6) is 0 Å². The minimum atomic E-state index is -0.0502. The maximum Gasteiger partial charge on any atom is 0.255 e. The summed E-state index contributed by atoms with van der Waals surface area (Å²) >= 11 is 8.19. The smallest absolute Gasteiger partial charge is 0.255 e. The summed E-state index contributed by atoms with van der Waals surface area (Å²) in [5.74, 6) is 0.649. The molecular weight excluding hydrogens is 386 g/mol. The van der Waals surface area contributed by atoms with E-state index in [9.17, 15) is 4.79 Å². The summed E-state index contributed by atoms with van der Waals surface area (Å²) in [7, 11) is 0. The average molecular weight is 408 g/mol. The van der Waals surface area contributed by atoms with Gasteiger partial charge in [0.05, 0.1) is 29.9 Å². The number of nitrogens with zero attached hydrogens (tertiary/aromatic N) is 3. The van der Waals surface area contributed by atoms with Crippen LogP contribution in [0.2, 0.25) is 5.02 Å². The van der Waals surface area contributed by atoms with Crippen molar-refractivity contribution in [3.05, 3.63) is 45.2 Å². The number of rotatable bonds is 3. The molecular formula is C19H22ClN3O3S. The highest BCUT2D eigenvalue weighted by molar-refractivity contribution is 7.07. The van der Waals surface area contributed by atoms with Crippen LogP contribution >= 0.6 is 22.9 Å². The maximum absolute atomic E-state index is 12.6. The molecule has 0 aromatic carbocycles. The first-order valence-corrected chi connectivity index (χ1v) is 10.4. The van der Waals surface area contributed by atoms with E-state index in [4.69, 9.17) is 21.1 Å². The Kier molecular flexibility index (Phi) is 5.63. The van der Waals surface area contributed by atoms with Gasteiger partial charge in [-0.2, -0.15) is 11.3 Å². The highest BCUT2D eigenvalue weighted by Gasteiger charge is 2.29. The van der Waals surface area contributed by atoms with Crippen LogP contribution in [0.3, 0.4) is 0 Å². The molecule has 2 aliphatic rings. The van der Waals surface area contributed by atoms with Crippen LogP contribution in [0.4, 0.5) is 5.82 Å². The zero-order valence-electron chi connectivity index (χ0n) is 15.1. The van der Waals surface area contributed by atoms with Gasteiger partial charge >= 0.3 is 0 Å². The Labute approximate surface area is 167 Å². The van der Waals surface area contributed by atoms with Gasteiger partial charge in [0.2, 0.25) is 0 Å². The monoisotopic (exact) mass is 407 g/mol. The van der Waals surface area contributed by atoms with Gasteiger partial charge in [-0.25, -0.2) is 4.98 Å². The molecule has 1 amide bonds. The minimum absolute atomic E-state index is 0.00692. The summed E-state index contributed by atoms with van der Waals surface area (Å²) in [6.07, 6.45) is 1.68. The number of carbonyl (C=O) groups excluding carboxylic acids is 1. The lowest BCUT2D eigenvalue weighted by molar-refractivity contribution is -0.0173. The second-order valence-corrected chi connectivity index (χ2v) is 8.02. The molecule has 0 saturated carbocycles. The average Bonchev–Trinajstić information content (AvgIpc) is 3.22. The highest BCUT2D eigenvalue weighted by Crippen LogP contribution is 2.32. The van der Waals surface area contributed by atoms with Gasteiger partial charge in [0, 0.05) is 32.4 Å². The van der Waals surface area contributed by atoms with Gasteiger partial charge in [0.1, 0.15) is 11.9 Å². The van der Waals surface area contributed by atoms with Crippen LogP contribution in [0.25, 0.3) is 0 Å². The summed E-state index contributed by atoms with van der Waals surface area (Å²) in [5, 5.41) is 4.66. The Morgan fingerprint density at radius 2 is 2.15 bits per heavy atom. The summed E-state index contributed by atoms with van der Waals surface area (Å²) < 4.78 is 11.4. The van der Waals surface area contributed by atoms with E-state index < -0.39 is 0 Å². The van der Waals surface area contributed by atoms with Crippen molar-refractivity contribution in [2.24, 2.45) is 0 Å². The van der Waals surface area contributed by atoms with E-state index in [0.717, 1.165) is 0 Å². The first-order valence-electron chi connectivity index (χ1n) is 9.07. The van der Waals surface area contributed by atoms with Gasteiger partial charge in [-0.15, -0.1) is 0 Å². The molecule has 2 unspecified atom stereocenters. The number of amides is 1. The Morgan fingerprint density at radius 3 is 2.85 bits per heavy atom. The topological polar surface area (TPSA) is 54.9 Å². The van der Waals surface area contributed by atoms with Crippen molar-refractivity contribution in [1.82, 2.24) is 9.88 Å². The van der Waals surface area contributed by atoms with Crippen molar-refractivity contribution in [1.29, 1.82) is 0 Å². The van der Waals surface area contributed by atoms with Gasteiger partial charge in [0.25, 0.3) is 5.91 Å². The first-order chi connectivity index (χ1) is 13.1. The molecule has 27 heavy (non-hydrogen) atoms. The number of morpholine rings is 2. The molecule has 2 aromatic heterocycles. The molecule has 0 spiro atoms. The van der Waals surface area contributed by atoms with Gasteiger partial charge in [0.15, 0.2) is 0 Å². The molecule has 4 rings (SSSR count). The normalized spacial score (nSPS) is 23.5. The molecule has 0 N–H and O–H groups in total. The minimum Gasteiger partial charge on any atom is -0.378 e. The third-order valence-electron chi connectivity index (χ3n) is 4.84. The van der Waals surface area contributed by atoms with Gasteiger partial charge < -0.3 is 19.3 Å². The SMILES string of the molecule is CC1CN(c2ncc(C(=O)N3CCOCC3)cc2Cl)CC(c2ccsc2)O1. The summed E-state index contributed by atoms with van der Waals surface area (Å²) in [6, 6.07) is 3.81. The summed E-state index contributed by atoms with van der Waals surface area (Å²) in [5.41, 5.74) is 1.69. The quantitative estimate of drug-likeness (QED) is 0.781. The van der Waals surface area contributed by atoms with E-state index >= 15 is 0 Å². The molecule has 0 radical (unpaired) electrons. The second-order valence-electron chi connectivity index (χ2n) is 6.83. The van der Waals surface area contributed by atoms with E-state index in [0.29, 0.717) is 55.8 Å². The summed E-state index contributed by atoms with van der Waals surface area (Å²) in [4.78, 5) is 21.1. The van der Waals surface area contributed by atoms with Crippen molar-refractivity contribution in [3.8, 4) is 0 Å². The number of thiophene rings is 1. The number of hydrogen-bond donors (Lipinski definition) is 0. The number of carbonyl (C=O) groups is 1. The Morgan fingerprint density at radius 1 is 1.33 bits per heavy atom. The van der Waals surface area contributed by atoms with E-state index in [-0.39, 0.29) is 18.1 Å². The van der Waals surface area contributed by atoms with Crippen LogP contribution in [0.1, 0.15) is 28.9 Å². The molecule has 2 aliphatic heterocycles. The molecule has 2 saturated heterocycles. The maximum atomic E-state index is 12.6. The number of anilines is 1. The van der Waals surface area contributed by atoms with Crippen LogP contribution < -0.4 is 4.90 Å². The van der Waals surface area contributed by atoms with E-state index in [2.05, 4.69) is 33.6 Å². The number of pyridine rings is 1. The fourth-order valence-corrected chi connectivity index (χ4v) is 4.48. The molecule has 144 valence electrons. The predicted octanol–water partition coefficient (Wildman–Crippen LogP) is 3.24. The Bertz CT molecular complexity index is 796. The molecule has 2 fully saturated rings. The molecule has 6 nitrogen and oxygen atoms in total. The molecule has 2 aromatic rings. The predicted molar refractivity (Wildman–Crippen MR) is 106 cm³/mol. The van der Waals surface area contributed by atoms with E-state index in [1.54, 1.807) is 28.5 Å². The number of aromatic nitrogens is 1. The van der Waals surface area contributed by atoms with Crippen molar-refractivity contribution in [2.45, 2.75) is 19.1 Å². The van der Waals surface area contributed by atoms with Gasteiger partial charge in [-0.05, 0) is 35.4 Å². The first kappa shape index (κ1) is 18.7. The lowest BCUT2D eigenvalue weighted by Crippen LogP contribution is -2.43. The molecule has 0 bridgehead atoms. The molecule has 2 atom stereocenters. The third-order valence-corrected chi connectivity index (χ3v) is 5.82. The van der Waals surface area contributed by atoms with Crippen LogP contribution in [-0.2, 0) is 9.47 Å². The van der Waals surface area contributed by atoms with Crippen LogP contribution in [-0.4, -0.2) is 61.3 Å². The van der Waals surface area contributed by atoms with Crippen LogP contribution in [0, 0.1) is 0 Å². The second kappa shape index (κ2) is 8.14. The van der Waals surface area contributed by atoms with Crippen molar-refractivity contribution in [3.63, 3.8) is 0 Å². The van der Waals surface area contributed by atoms with E-state index in [1.165, 1.54) is 5.56 Å². The van der Waals surface area contributed by atoms with Gasteiger partial charge in [-0.3, -0.25) is 4.79 Å². The fourth-order valence-electron chi connectivity index (χ4n) is 3.50. The van der Waals surface area contributed by atoms with Crippen molar-refractivity contribution >= 4 is 34.7 Å². The standard InChI is InChI=1S/C19H22ClN3O3S/c1-13-10-23(11-17(26-13)14-2-7-27-12-14)18-16(20)8-15(9-21-18)19(24)22-3-5-25-6-4-22/h2,7-9,12-13,17H,3-6,10-11H2,1H3. The number of ether oxygens (including phenoxy) is 2. The van der Waals surface area contributed by atoms with Crippen LogP contribution in [0.15, 0.2) is 29.1 Å². The zero-order chi connectivity index (χ0) is 18.8. The fraction of sp³-hybridized carbons (Fsp3) is 0.474. The van der Waals surface area contributed by atoms with Gasteiger partial charge in [-0.1, -0.05) is 11.6 Å². The number of halogens is 1. The van der Waals surface area contributed by atoms with Crippen molar-refractivity contribution < 1.29 is 14.3 Å². The Hall–Kier alpha value is -1.67. The lowest BCUT2D eigenvalue weighted by Gasteiger charge is -2.37. The van der Waals surface area contributed by atoms with Crippen molar-refractivity contribution in [2.75, 3.05) is 44.3 Å². The Balaban J connectivity index is 1.52. The lowest BCUT2D eigenvalue weighted by atomic mass is 10.1. The highest BCUT2D eigenvalue weighted by atomic mass is 35.5. The summed E-state index contributed by atoms with van der Waals surface area (Å²) in [6.45, 7) is 5.79. The largest absolute Gasteiger partial charge is 0.378 e. The zero-order valence-corrected chi connectivity index (χ0v) is 16.7. The number of hydrogen-bond acceptors (Lipinski definition) is 6. The molecule has 0 aliphatic carbocycles. The third kappa shape index (κ3) is 4.11. The molecule has 8 heteroatoms.